The van der Waals surface area contributed by atoms with Gasteiger partial charge in [0.1, 0.15) is 5.52 Å². The van der Waals surface area contributed by atoms with Crippen LogP contribution in [0.3, 0.4) is 0 Å². The lowest BCUT2D eigenvalue weighted by molar-refractivity contribution is 0.297. The minimum absolute atomic E-state index is 0.242. The van der Waals surface area contributed by atoms with Gasteiger partial charge in [0.05, 0.1) is 26.0 Å². The maximum atomic E-state index is 13.2. The summed E-state index contributed by atoms with van der Waals surface area (Å²) in [6.45, 7) is 1.62. The smallest absolute Gasteiger partial charge is 0.280 e. The van der Waals surface area contributed by atoms with Crippen LogP contribution in [-0.2, 0) is 6.54 Å². The van der Waals surface area contributed by atoms with Gasteiger partial charge in [0.15, 0.2) is 22.7 Å². The summed E-state index contributed by atoms with van der Waals surface area (Å²) in [6, 6.07) is 15.0. The van der Waals surface area contributed by atoms with Gasteiger partial charge < -0.3 is 14.0 Å². The molecule has 0 atom stereocenters. The molecule has 0 fully saturated rings. The summed E-state index contributed by atoms with van der Waals surface area (Å²) in [5.41, 5.74) is 3.76. The zero-order chi connectivity index (χ0) is 22.4. The number of hydrogen-bond donors (Lipinski definition) is 0. The molecule has 0 N–H and O–H groups in total. The third-order valence-electron chi connectivity index (χ3n) is 5.64. The van der Waals surface area contributed by atoms with Crippen LogP contribution in [0.15, 0.2) is 65.7 Å². The molecule has 0 spiro atoms. The number of fused-ring (bicyclic) bond motifs is 4. The first-order valence-electron chi connectivity index (χ1n) is 10.6. The van der Waals surface area contributed by atoms with Crippen molar-refractivity contribution in [1.29, 1.82) is 0 Å². The zero-order valence-electron chi connectivity index (χ0n) is 17.4. The summed E-state index contributed by atoms with van der Waals surface area (Å²) in [5, 5.41) is 13.6. The van der Waals surface area contributed by atoms with Crippen molar-refractivity contribution < 1.29 is 9.47 Å². The fourth-order valence-electron chi connectivity index (χ4n) is 4.02. The molecule has 1 aliphatic rings. The SMILES string of the molecule is O=c1c2nnc3c(-c4cccc(Cl)c4)cnn3c2ccn1Cc1ccc2c(c1)OCCCO2. The normalized spacial score (nSPS) is 13.4. The lowest BCUT2D eigenvalue weighted by Gasteiger charge is -2.11. The monoisotopic (exact) mass is 459 g/mol. The zero-order valence-corrected chi connectivity index (χ0v) is 18.2. The summed E-state index contributed by atoms with van der Waals surface area (Å²) in [7, 11) is 0. The maximum Gasteiger partial charge on any atom is 0.280 e. The second-order valence-corrected chi connectivity index (χ2v) is 8.25. The number of rotatable bonds is 3. The first kappa shape index (κ1) is 19.8. The van der Waals surface area contributed by atoms with Crippen molar-refractivity contribution in [2.75, 3.05) is 13.2 Å². The Kier molecular flexibility index (Phi) is 4.73. The van der Waals surface area contributed by atoms with Crippen molar-refractivity contribution in [1.82, 2.24) is 24.4 Å². The van der Waals surface area contributed by atoms with Gasteiger partial charge >= 0.3 is 0 Å². The fourth-order valence-corrected chi connectivity index (χ4v) is 4.21. The lowest BCUT2D eigenvalue weighted by Crippen LogP contribution is -2.22. The van der Waals surface area contributed by atoms with Crippen LogP contribution >= 0.6 is 11.6 Å². The molecule has 8 nitrogen and oxygen atoms in total. The molecule has 0 amide bonds. The van der Waals surface area contributed by atoms with Gasteiger partial charge in [-0.3, -0.25) is 4.79 Å². The minimum Gasteiger partial charge on any atom is -0.490 e. The highest BCUT2D eigenvalue weighted by Crippen LogP contribution is 2.31. The Morgan fingerprint density at radius 1 is 1.00 bits per heavy atom. The Balaban J connectivity index is 1.39. The largest absolute Gasteiger partial charge is 0.490 e. The van der Waals surface area contributed by atoms with Crippen molar-refractivity contribution in [3.63, 3.8) is 0 Å². The molecular weight excluding hydrogens is 442 g/mol. The Hall–Kier alpha value is -3.91. The molecule has 0 bridgehead atoms. The van der Waals surface area contributed by atoms with Crippen LogP contribution in [0.1, 0.15) is 12.0 Å². The second kappa shape index (κ2) is 7.90. The van der Waals surface area contributed by atoms with Crippen molar-refractivity contribution >= 4 is 28.3 Å². The van der Waals surface area contributed by atoms with Gasteiger partial charge in [0.25, 0.3) is 5.56 Å². The van der Waals surface area contributed by atoms with Crippen LogP contribution in [0, 0.1) is 0 Å². The molecule has 4 heterocycles. The minimum atomic E-state index is -0.242. The summed E-state index contributed by atoms with van der Waals surface area (Å²) in [6.07, 6.45) is 4.29. The molecule has 2 aromatic carbocycles. The van der Waals surface area contributed by atoms with Crippen molar-refractivity contribution in [3.8, 4) is 22.6 Å². The summed E-state index contributed by atoms with van der Waals surface area (Å²) >= 11 is 6.14. The highest BCUT2D eigenvalue weighted by Gasteiger charge is 2.16. The van der Waals surface area contributed by atoms with E-state index < -0.39 is 0 Å². The highest BCUT2D eigenvalue weighted by atomic mass is 35.5. The van der Waals surface area contributed by atoms with E-state index in [9.17, 15) is 4.79 Å². The van der Waals surface area contributed by atoms with E-state index in [2.05, 4.69) is 15.3 Å². The van der Waals surface area contributed by atoms with E-state index in [0.29, 0.717) is 41.7 Å². The predicted octanol–water partition coefficient (Wildman–Crippen LogP) is 3.97. The predicted molar refractivity (Wildman–Crippen MR) is 124 cm³/mol. The van der Waals surface area contributed by atoms with Gasteiger partial charge in [-0.25, -0.2) is 4.52 Å². The molecular formula is C24H18ClN5O3. The third kappa shape index (κ3) is 3.48. The number of halogens is 1. The summed E-state index contributed by atoms with van der Waals surface area (Å²) in [4.78, 5) is 13.2. The number of benzene rings is 2. The molecule has 0 radical (unpaired) electrons. The van der Waals surface area contributed by atoms with Crippen LogP contribution < -0.4 is 15.0 Å². The fraction of sp³-hybridized carbons (Fsp3) is 0.167. The Morgan fingerprint density at radius 2 is 1.88 bits per heavy atom. The summed E-state index contributed by atoms with van der Waals surface area (Å²) in [5.74, 6) is 1.43. The number of ether oxygens (including phenoxy) is 2. The average molecular weight is 460 g/mol. The van der Waals surface area contributed by atoms with E-state index in [1.807, 2.05) is 48.5 Å². The number of nitrogens with zero attached hydrogens (tertiary/aromatic N) is 5. The highest BCUT2D eigenvalue weighted by molar-refractivity contribution is 6.30. The van der Waals surface area contributed by atoms with Gasteiger partial charge in [-0.05, 0) is 41.5 Å². The molecule has 0 aliphatic carbocycles. The van der Waals surface area contributed by atoms with Crippen LogP contribution in [0.25, 0.3) is 27.8 Å². The van der Waals surface area contributed by atoms with Gasteiger partial charge in [0.2, 0.25) is 0 Å². The lowest BCUT2D eigenvalue weighted by atomic mass is 10.1. The molecule has 0 saturated heterocycles. The maximum absolute atomic E-state index is 13.2. The first-order valence-corrected chi connectivity index (χ1v) is 10.9. The average Bonchev–Trinajstić information content (AvgIpc) is 3.12. The van der Waals surface area contributed by atoms with Crippen LogP contribution in [0.5, 0.6) is 11.5 Å². The van der Waals surface area contributed by atoms with E-state index in [4.69, 9.17) is 21.1 Å². The molecule has 164 valence electrons. The quantitative estimate of drug-likeness (QED) is 0.406. The number of hydrogen-bond acceptors (Lipinski definition) is 6. The molecule has 6 rings (SSSR count). The van der Waals surface area contributed by atoms with Crippen LogP contribution in [0.2, 0.25) is 5.02 Å². The molecule has 5 aromatic rings. The van der Waals surface area contributed by atoms with Gasteiger partial charge in [-0.1, -0.05) is 29.8 Å². The Morgan fingerprint density at radius 3 is 2.76 bits per heavy atom. The van der Waals surface area contributed by atoms with E-state index in [0.717, 1.165) is 28.9 Å². The standard InChI is InChI=1S/C24H18ClN5O3/c25-17-4-1-3-16(12-17)18-13-26-30-19-7-8-29(24(31)22(19)27-28-23(18)30)14-15-5-6-20-21(11-15)33-10-2-9-32-20/h1,3-8,11-13H,2,9-10,14H2. The van der Waals surface area contributed by atoms with Crippen molar-refractivity contribution in [2.45, 2.75) is 13.0 Å². The molecule has 0 unspecified atom stereocenters. The van der Waals surface area contributed by atoms with Gasteiger partial charge in [-0.15, -0.1) is 10.2 Å². The number of aromatic nitrogens is 5. The molecule has 9 heteroatoms. The molecule has 1 aliphatic heterocycles. The van der Waals surface area contributed by atoms with E-state index in [1.54, 1.807) is 21.5 Å². The topological polar surface area (TPSA) is 83.5 Å². The van der Waals surface area contributed by atoms with Crippen LogP contribution in [-0.4, -0.2) is 37.6 Å². The second-order valence-electron chi connectivity index (χ2n) is 7.82. The third-order valence-corrected chi connectivity index (χ3v) is 5.87. The number of pyridine rings is 1. The van der Waals surface area contributed by atoms with E-state index in [-0.39, 0.29) is 11.1 Å². The van der Waals surface area contributed by atoms with Crippen LogP contribution in [0.4, 0.5) is 0 Å². The molecule has 3 aromatic heterocycles. The van der Waals surface area contributed by atoms with Crippen molar-refractivity contribution in [2.24, 2.45) is 0 Å². The van der Waals surface area contributed by atoms with Crippen molar-refractivity contribution in [3.05, 3.63) is 81.9 Å². The van der Waals surface area contributed by atoms with Gasteiger partial charge in [0, 0.05) is 23.2 Å². The van der Waals surface area contributed by atoms with Gasteiger partial charge in [-0.2, -0.15) is 5.10 Å². The summed E-state index contributed by atoms with van der Waals surface area (Å²) < 4.78 is 14.7. The Labute approximate surface area is 193 Å². The Bertz CT molecular complexity index is 1580. The molecule has 33 heavy (non-hydrogen) atoms. The van der Waals surface area contributed by atoms with E-state index >= 15 is 0 Å². The molecule has 0 saturated carbocycles. The first-order chi connectivity index (χ1) is 16.2. The van der Waals surface area contributed by atoms with E-state index in [1.165, 1.54) is 0 Å².